The number of benzene rings is 2. The molecule has 0 amide bonds. The maximum Gasteiger partial charge on any atom is 0.264 e. The minimum atomic E-state index is -4.15. The summed E-state index contributed by atoms with van der Waals surface area (Å²) < 4.78 is 65.2. The van der Waals surface area contributed by atoms with E-state index in [2.05, 4.69) is 5.43 Å². The van der Waals surface area contributed by atoms with Gasteiger partial charge in [0.25, 0.3) is 10.0 Å². The molecule has 2 aromatic rings. The van der Waals surface area contributed by atoms with E-state index in [1.165, 1.54) is 18.2 Å². The van der Waals surface area contributed by atoms with Crippen molar-refractivity contribution in [1.82, 2.24) is 0 Å². The molecular weight excluding hydrogens is 307 g/mol. The Morgan fingerprint density at radius 2 is 1.57 bits per heavy atom. The molecule has 9 heteroatoms. The Morgan fingerprint density at radius 1 is 1.00 bits per heavy atom. The van der Waals surface area contributed by atoms with E-state index in [1.807, 2.05) is 4.72 Å². The molecule has 0 bridgehead atoms. The fourth-order valence-electron chi connectivity index (χ4n) is 1.64. The Balaban J connectivity index is 2.42. The van der Waals surface area contributed by atoms with Gasteiger partial charge >= 0.3 is 0 Å². The summed E-state index contributed by atoms with van der Waals surface area (Å²) in [6.45, 7) is 0. The molecule has 0 aromatic heterocycles. The second kappa shape index (κ2) is 5.62. The number of nitrogens with two attached hydrogens (primary N) is 1. The van der Waals surface area contributed by atoms with Crippen molar-refractivity contribution in [2.45, 2.75) is 4.90 Å². The van der Waals surface area contributed by atoms with Gasteiger partial charge in [-0.25, -0.2) is 21.6 Å². The molecule has 0 saturated heterocycles. The first-order chi connectivity index (χ1) is 9.85. The molecule has 4 N–H and O–H groups in total. The summed E-state index contributed by atoms with van der Waals surface area (Å²) >= 11 is 0. The zero-order valence-electron chi connectivity index (χ0n) is 10.4. The quantitative estimate of drug-likeness (QED) is 0.458. The predicted octanol–water partition coefficient (Wildman–Crippen LogP) is 2.19. The molecule has 112 valence electrons. The molecule has 0 saturated carbocycles. The number of halogens is 3. The number of rotatable bonds is 4. The lowest BCUT2D eigenvalue weighted by Crippen LogP contribution is -2.17. The lowest BCUT2D eigenvalue weighted by atomic mass is 10.3. The van der Waals surface area contributed by atoms with E-state index in [1.54, 1.807) is 6.07 Å². The van der Waals surface area contributed by atoms with E-state index >= 15 is 0 Å². The summed E-state index contributed by atoms with van der Waals surface area (Å²) in [5.41, 5.74) is 1.84. The van der Waals surface area contributed by atoms with Gasteiger partial charge in [-0.05, 0) is 12.1 Å². The highest BCUT2D eigenvalue weighted by molar-refractivity contribution is 7.92. The zero-order chi connectivity index (χ0) is 15.6. The molecule has 21 heavy (non-hydrogen) atoms. The van der Waals surface area contributed by atoms with Crippen molar-refractivity contribution in [3.63, 3.8) is 0 Å². The molecule has 0 fully saturated rings. The number of nitrogen functional groups attached to an aromatic ring is 1. The second-order valence-electron chi connectivity index (χ2n) is 4.00. The van der Waals surface area contributed by atoms with Crippen molar-refractivity contribution in [3.05, 3.63) is 53.8 Å². The molecule has 0 radical (unpaired) electrons. The van der Waals surface area contributed by atoms with Crippen LogP contribution in [0.5, 0.6) is 0 Å². The van der Waals surface area contributed by atoms with Crippen LogP contribution >= 0.6 is 0 Å². The van der Waals surface area contributed by atoms with E-state index in [4.69, 9.17) is 5.84 Å². The Bertz CT molecular complexity index is 758. The van der Waals surface area contributed by atoms with Gasteiger partial charge in [0.2, 0.25) is 0 Å². The largest absolute Gasteiger partial charge is 0.323 e. The highest BCUT2D eigenvalue weighted by atomic mass is 32.2. The number of anilines is 2. The summed E-state index contributed by atoms with van der Waals surface area (Å²) in [5, 5.41) is 0. The Labute approximate surface area is 118 Å². The van der Waals surface area contributed by atoms with Crippen LogP contribution in [0, 0.1) is 17.5 Å². The molecule has 0 unspecified atom stereocenters. The average molecular weight is 317 g/mol. The van der Waals surface area contributed by atoms with Crippen LogP contribution in [-0.4, -0.2) is 8.42 Å². The number of hydrazine groups is 1. The monoisotopic (exact) mass is 317 g/mol. The predicted molar refractivity (Wildman–Crippen MR) is 71.4 cm³/mol. The van der Waals surface area contributed by atoms with E-state index in [-0.39, 0.29) is 10.6 Å². The van der Waals surface area contributed by atoms with Gasteiger partial charge in [-0.15, -0.1) is 0 Å². The Morgan fingerprint density at radius 3 is 2.14 bits per heavy atom. The van der Waals surface area contributed by atoms with Gasteiger partial charge in [0, 0.05) is 12.1 Å². The van der Waals surface area contributed by atoms with E-state index in [9.17, 15) is 21.6 Å². The summed E-state index contributed by atoms with van der Waals surface area (Å²) in [6, 6.07) is 6.71. The number of sulfonamides is 1. The van der Waals surface area contributed by atoms with Crippen molar-refractivity contribution in [2.75, 3.05) is 10.1 Å². The second-order valence-corrected chi connectivity index (χ2v) is 5.65. The molecule has 0 aliphatic rings. The van der Waals surface area contributed by atoms with Crippen LogP contribution in [0.1, 0.15) is 0 Å². The third-order valence-electron chi connectivity index (χ3n) is 2.57. The first-order valence-corrected chi connectivity index (χ1v) is 7.06. The highest BCUT2D eigenvalue weighted by Crippen LogP contribution is 2.24. The van der Waals surface area contributed by atoms with E-state index in [0.29, 0.717) is 12.1 Å². The van der Waals surface area contributed by atoms with Gasteiger partial charge < -0.3 is 5.43 Å². The van der Waals surface area contributed by atoms with Gasteiger partial charge in [0.1, 0.15) is 4.90 Å². The summed E-state index contributed by atoms with van der Waals surface area (Å²) in [5.74, 6) is 0.514. The van der Waals surface area contributed by atoms with Gasteiger partial charge in [-0.1, -0.05) is 12.1 Å². The fraction of sp³-hybridized carbons (Fsp3) is 0. The van der Waals surface area contributed by atoms with Gasteiger partial charge in [-0.2, -0.15) is 0 Å². The van der Waals surface area contributed by atoms with Crippen molar-refractivity contribution in [2.24, 2.45) is 5.84 Å². The van der Waals surface area contributed by atoms with Crippen LogP contribution in [0.25, 0.3) is 0 Å². The highest BCUT2D eigenvalue weighted by Gasteiger charge is 2.20. The van der Waals surface area contributed by atoms with Gasteiger partial charge in [0.15, 0.2) is 17.5 Å². The SMILES string of the molecule is NNc1ccccc1S(=O)(=O)Nc1cc(F)c(F)c(F)c1. The van der Waals surface area contributed by atoms with E-state index in [0.717, 1.165) is 0 Å². The summed E-state index contributed by atoms with van der Waals surface area (Å²) in [6.07, 6.45) is 0. The average Bonchev–Trinajstić information content (AvgIpc) is 2.44. The fourth-order valence-corrected chi connectivity index (χ4v) is 2.86. The lowest BCUT2D eigenvalue weighted by Gasteiger charge is -2.12. The summed E-state index contributed by atoms with van der Waals surface area (Å²) in [4.78, 5) is -0.224. The molecule has 2 rings (SSSR count). The zero-order valence-corrected chi connectivity index (χ0v) is 11.2. The minimum Gasteiger partial charge on any atom is -0.323 e. The Kier molecular flexibility index (Phi) is 4.05. The van der Waals surface area contributed by atoms with Gasteiger partial charge in [0.05, 0.1) is 11.4 Å². The van der Waals surface area contributed by atoms with Crippen LogP contribution in [0.2, 0.25) is 0 Å². The van der Waals surface area contributed by atoms with Gasteiger partial charge in [-0.3, -0.25) is 10.6 Å². The molecule has 0 aliphatic heterocycles. The number of nitrogens with one attached hydrogen (secondary N) is 2. The molecule has 5 nitrogen and oxygen atoms in total. The topological polar surface area (TPSA) is 84.2 Å². The standard InChI is InChI=1S/C12H10F3N3O2S/c13-8-5-7(6-9(14)12(8)15)18-21(19,20)11-4-2-1-3-10(11)17-16/h1-6,17-18H,16H2. The van der Waals surface area contributed by atoms with Crippen LogP contribution in [0.3, 0.4) is 0 Å². The number of hydrogen-bond donors (Lipinski definition) is 3. The third-order valence-corrected chi connectivity index (χ3v) is 4.01. The molecule has 0 aliphatic carbocycles. The molecular formula is C12H10F3N3O2S. The molecule has 0 atom stereocenters. The normalized spacial score (nSPS) is 11.2. The summed E-state index contributed by atoms with van der Waals surface area (Å²) in [7, 11) is -4.15. The van der Waals surface area contributed by atoms with Crippen molar-refractivity contribution in [1.29, 1.82) is 0 Å². The number of hydrogen-bond acceptors (Lipinski definition) is 4. The van der Waals surface area contributed by atoms with Crippen molar-refractivity contribution >= 4 is 21.4 Å². The van der Waals surface area contributed by atoms with Crippen LogP contribution in [0.15, 0.2) is 41.3 Å². The van der Waals surface area contributed by atoms with E-state index < -0.39 is 33.2 Å². The first-order valence-electron chi connectivity index (χ1n) is 5.58. The molecule has 0 spiro atoms. The Hall–Kier alpha value is -2.26. The van der Waals surface area contributed by atoms with Crippen LogP contribution < -0.4 is 16.0 Å². The minimum absolute atomic E-state index is 0.0908. The molecule has 0 heterocycles. The third kappa shape index (κ3) is 3.09. The number of para-hydroxylation sites is 1. The maximum absolute atomic E-state index is 13.1. The molecule has 2 aromatic carbocycles. The smallest absolute Gasteiger partial charge is 0.264 e. The van der Waals surface area contributed by atoms with Crippen LogP contribution in [-0.2, 0) is 10.0 Å². The first kappa shape index (κ1) is 15.1. The van der Waals surface area contributed by atoms with Crippen LogP contribution in [0.4, 0.5) is 24.5 Å². The van der Waals surface area contributed by atoms with Crippen molar-refractivity contribution in [3.8, 4) is 0 Å². The van der Waals surface area contributed by atoms with Crippen molar-refractivity contribution < 1.29 is 21.6 Å². The maximum atomic E-state index is 13.1. The lowest BCUT2D eigenvalue weighted by molar-refractivity contribution is 0.448.